The average Bonchev–Trinajstić information content (AvgIpc) is 2.86. The van der Waals surface area contributed by atoms with Crippen molar-refractivity contribution in [2.45, 2.75) is 45.4 Å². The maximum Gasteiger partial charge on any atom is 0.0707 e. The Balaban J connectivity index is 1.72. The van der Waals surface area contributed by atoms with E-state index in [2.05, 4.69) is 55.4 Å². The first-order chi connectivity index (χ1) is 9.67. The molecule has 2 rings (SSSR count). The predicted octanol–water partition coefficient (Wildman–Crippen LogP) is 2.58. The van der Waals surface area contributed by atoms with Crippen LogP contribution >= 0.6 is 0 Å². The molecule has 0 radical (unpaired) electrons. The van der Waals surface area contributed by atoms with Crippen molar-refractivity contribution in [1.29, 1.82) is 0 Å². The summed E-state index contributed by atoms with van der Waals surface area (Å²) in [6.45, 7) is 8.31. The van der Waals surface area contributed by atoms with Gasteiger partial charge >= 0.3 is 0 Å². The van der Waals surface area contributed by atoms with Gasteiger partial charge in [0.15, 0.2) is 0 Å². The van der Waals surface area contributed by atoms with Gasteiger partial charge in [0.05, 0.1) is 12.2 Å². The number of hydrogen-bond donors (Lipinski definition) is 1. The lowest BCUT2D eigenvalue weighted by molar-refractivity contribution is 0.0270. The molecular weight excluding hydrogens is 248 g/mol. The SMILES string of the molecule is CCNCC1CCC(CN(C)Cc2ccc(C)cc2)O1. The fourth-order valence-corrected chi connectivity index (χ4v) is 2.79. The maximum absolute atomic E-state index is 6.09. The third-order valence-electron chi connectivity index (χ3n) is 3.91. The number of likely N-dealkylation sites (N-methyl/N-ethyl adjacent to an activating group) is 2. The van der Waals surface area contributed by atoms with Crippen molar-refractivity contribution in [3.05, 3.63) is 35.4 Å². The van der Waals surface area contributed by atoms with E-state index in [4.69, 9.17) is 4.74 Å². The van der Waals surface area contributed by atoms with Gasteiger partial charge in [0.1, 0.15) is 0 Å². The Bertz CT molecular complexity index is 390. The molecule has 1 aliphatic rings. The normalized spacial score (nSPS) is 22.6. The van der Waals surface area contributed by atoms with Crippen molar-refractivity contribution < 1.29 is 4.74 Å². The summed E-state index contributed by atoms with van der Waals surface area (Å²) in [5.41, 5.74) is 2.70. The molecule has 0 saturated carbocycles. The highest BCUT2D eigenvalue weighted by molar-refractivity contribution is 5.21. The number of nitrogens with one attached hydrogen (secondary N) is 1. The highest BCUT2D eigenvalue weighted by Crippen LogP contribution is 2.20. The number of aryl methyl sites for hydroxylation is 1. The van der Waals surface area contributed by atoms with Crippen LogP contribution in [0.3, 0.4) is 0 Å². The Kier molecular flexibility index (Phi) is 6.02. The first-order valence-corrected chi connectivity index (χ1v) is 7.77. The summed E-state index contributed by atoms with van der Waals surface area (Å²) in [5.74, 6) is 0. The Morgan fingerprint density at radius 2 is 1.90 bits per heavy atom. The monoisotopic (exact) mass is 276 g/mol. The molecule has 1 saturated heterocycles. The Labute approximate surface area is 123 Å². The van der Waals surface area contributed by atoms with Crippen LogP contribution < -0.4 is 5.32 Å². The first-order valence-electron chi connectivity index (χ1n) is 7.77. The molecule has 0 aromatic heterocycles. The Morgan fingerprint density at radius 1 is 1.20 bits per heavy atom. The van der Waals surface area contributed by atoms with Crippen LogP contribution in [0.5, 0.6) is 0 Å². The Morgan fingerprint density at radius 3 is 2.60 bits per heavy atom. The van der Waals surface area contributed by atoms with Gasteiger partial charge in [0.25, 0.3) is 0 Å². The highest BCUT2D eigenvalue weighted by atomic mass is 16.5. The topological polar surface area (TPSA) is 24.5 Å². The Hall–Kier alpha value is -0.900. The van der Waals surface area contributed by atoms with Crippen molar-refractivity contribution >= 4 is 0 Å². The van der Waals surface area contributed by atoms with Gasteiger partial charge in [0, 0.05) is 19.6 Å². The minimum atomic E-state index is 0.397. The predicted molar refractivity (Wildman–Crippen MR) is 84.0 cm³/mol. The molecule has 0 bridgehead atoms. The third kappa shape index (κ3) is 4.89. The van der Waals surface area contributed by atoms with Crippen LogP contribution in [0.2, 0.25) is 0 Å². The van der Waals surface area contributed by atoms with Crippen LogP contribution in [-0.4, -0.2) is 43.8 Å². The van der Waals surface area contributed by atoms with Crippen molar-refractivity contribution in [1.82, 2.24) is 10.2 Å². The van der Waals surface area contributed by atoms with Crippen molar-refractivity contribution in [2.24, 2.45) is 0 Å². The molecular formula is C17H28N2O. The number of nitrogens with zero attached hydrogens (tertiary/aromatic N) is 1. The van der Waals surface area contributed by atoms with Crippen molar-refractivity contribution in [3.8, 4) is 0 Å². The minimum absolute atomic E-state index is 0.397. The molecule has 1 aromatic carbocycles. The van der Waals surface area contributed by atoms with Crippen LogP contribution in [0, 0.1) is 6.92 Å². The van der Waals surface area contributed by atoms with Crippen LogP contribution in [-0.2, 0) is 11.3 Å². The molecule has 1 aliphatic heterocycles. The van der Waals surface area contributed by atoms with Crippen molar-refractivity contribution in [3.63, 3.8) is 0 Å². The summed E-state index contributed by atoms with van der Waals surface area (Å²) in [5, 5.41) is 3.37. The van der Waals surface area contributed by atoms with Gasteiger partial charge in [-0.3, -0.25) is 4.90 Å². The van der Waals surface area contributed by atoms with Gasteiger partial charge in [-0.15, -0.1) is 0 Å². The van der Waals surface area contributed by atoms with E-state index in [9.17, 15) is 0 Å². The van der Waals surface area contributed by atoms with Crippen LogP contribution in [0.1, 0.15) is 30.9 Å². The van der Waals surface area contributed by atoms with E-state index in [-0.39, 0.29) is 0 Å². The molecule has 112 valence electrons. The molecule has 1 aromatic rings. The van der Waals surface area contributed by atoms with E-state index < -0.39 is 0 Å². The van der Waals surface area contributed by atoms with Gasteiger partial charge in [-0.1, -0.05) is 36.8 Å². The molecule has 1 heterocycles. The largest absolute Gasteiger partial charge is 0.372 e. The highest BCUT2D eigenvalue weighted by Gasteiger charge is 2.25. The summed E-state index contributed by atoms with van der Waals surface area (Å²) >= 11 is 0. The van der Waals surface area contributed by atoms with Gasteiger partial charge in [-0.2, -0.15) is 0 Å². The maximum atomic E-state index is 6.09. The zero-order chi connectivity index (χ0) is 14.4. The molecule has 0 amide bonds. The van der Waals surface area contributed by atoms with E-state index in [1.807, 2.05) is 0 Å². The third-order valence-corrected chi connectivity index (χ3v) is 3.91. The van der Waals surface area contributed by atoms with Gasteiger partial charge in [0.2, 0.25) is 0 Å². The lowest BCUT2D eigenvalue weighted by Gasteiger charge is -2.21. The second-order valence-electron chi connectivity index (χ2n) is 5.95. The van der Waals surface area contributed by atoms with Crippen LogP contribution in [0.4, 0.5) is 0 Å². The van der Waals surface area contributed by atoms with Crippen molar-refractivity contribution in [2.75, 3.05) is 26.7 Å². The molecule has 3 nitrogen and oxygen atoms in total. The van der Waals surface area contributed by atoms with Crippen LogP contribution in [0.15, 0.2) is 24.3 Å². The molecule has 2 atom stereocenters. The van der Waals surface area contributed by atoms with E-state index in [0.29, 0.717) is 12.2 Å². The lowest BCUT2D eigenvalue weighted by Crippen LogP contribution is -2.31. The molecule has 1 fully saturated rings. The smallest absolute Gasteiger partial charge is 0.0707 e. The molecule has 0 aliphatic carbocycles. The zero-order valence-corrected chi connectivity index (χ0v) is 13.1. The fraction of sp³-hybridized carbons (Fsp3) is 0.647. The summed E-state index contributed by atoms with van der Waals surface area (Å²) in [6, 6.07) is 8.80. The molecule has 2 unspecified atom stereocenters. The number of hydrogen-bond acceptors (Lipinski definition) is 3. The molecule has 3 heteroatoms. The fourth-order valence-electron chi connectivity index (χ4n) is 2.79. The standard InChI is InChI=1S/C17H28N2O/c1-4-18-11-16-9-10-17(20-16)13-19(3)12-15-7-5-14(2)6-8-15/h5-8,16-18H,4,9-13H2,1-3H3. The van der Waals surface area contributed by atoms with E-state index in [0.717, 1.165) is 26.2 Å². The summed E-state index contributed by atoms with van der Waals surface area (Å²) in [4.78, 5) is 2.37. The van der Waals surface area contributed by atoms with E-state index >= 15 is 0 Å². The molecule has 0 spiro atoms. The van der Waals surface area contributed by atoms with Gasteiger partial charge in [-0.05, 0) is 38.9 Å². The zero-order valence-electron chi connectivity index (χ0n) is 13.1. The average molecular weight is 276 g/mol. The quantitative estimate of drug-likeness (QED) is 0.828. The summed E-state index contributed by atoms with van der Waals surface area (Å²) in [6.07, 6.45) is 3.19. The van der Waals surface area contributed by atoms with Gasteiger partial charge in [-0.25, -0.2) is 0 Å². The number of ether oxygens (including phenoxy) is 1. The summed E-state index contributed by atoms with van der Waals surface area (Å²) < 4.78 is 6.09. The van der Waals surface area contributed by atoms with Crippen LogP contribution in [0.25, 0.3) is 0 Å². The number of rotatable bonds is 7. The molecule has 1 N–H and O–H groups in total. The number of benzene rings is 1. The van der Waals surface area contributed by atoms with E-state index in [1.165, 1.54) is 24.0 Å². The lowest BCUT2D eigenvalue weighted by atomic mass is 10.1. The van der Waals surface area contributed by atoms with Gasteiger partial charge < -0.3 is 10.1 Å². The second-order valence-corrected chi connectivity index (χ2v) is 5.95. The second kappa shape index (κ2) is 7.77. The minimum Gasteiger partial charge on any atom is -0.372 e. The van der Waals surface area contributed by atoms with E-state index in [1.54, 1.807) is 0 Å². The summed E-state index contributed by atoms with van der Waals surface area (Å²) in [7, 11) is 2.18. The first kappa shape index (κ1) is 15.5. The molecule has 20 heavy (non-hydrogen) atoms.